The maximum atomic E-state index is 9.83. The molecule has 13 heavy (non-hydrogen) atoms. The monoisotopic (exact) mass is 177 g/mol. The van der Waals surface area contributed by atoms with E-state index in [1.54, 1.807) is 12.4 Å². The van der Waals surface area contributed by atoms with E-state index in [1.165, 1.54) is 19.3 Å². The normalized spacial score (nSPS) is 19.5. The van der Waals surface area contributed by atoms with Crippen LogP contribution in [0, 0.1) is 5.92 Å². The number of nitrogens with zero attached hydrogens (tertiary/aromatic N) is 1. The van der Waals surface area contributed by atoms with Gasteiger partial charge in [0.15, 0.2) is 0 Å². The van der Waals surface area contributed by atoms with Crippen LogP contribution in [0.2, 0.25) is 0 Å². The maximum Gasteiger partial charge on any atom is 0.0793 e. The Balaban J connectivity index is 1.92. The third-order valence-corrected chi connectivity index (χ3v) is 2.87. The Hall–Kier alpha value is -0.890. The van der Waals surface area contributed by atoms with E-state index in [0.717, 1.165) is 17.9 Å². The van der Waals surface area contributed by atoms with Crippen LogP contribution in [-0.2, 0) is 0 Å². The van der Waals surface area contributed by atoms with Gasteiger partial charge in [0.05, 0.1) is 6.10 Å². The zero-order chi connectivity index (χ0) is 9.10. The second kappa shape index (κ2) is 3.88. The molecule has 1 heterocycles. The fourth-order valence-corrected chi connectivity index (χ4v) is 1.77. The van der Waals surface area contributed by atoms with Crippen LogP contribution in [-0.4, -0.2) is 10.1 Å². The van der Waals surface area contributed by atoms with E-state index in [9.17, 15) is 5.11 Å². The standard InChI is InChI=1S/C11H15NO/c13-11(8-9-2-1-3-9)10-4-6-12-7-5-10/h4-7,9,11,13H,1-3,8H2. The minimum absolute atomic E-state index is 0.284. The van der Waals surface area contributed by atoms with Crippen molar-refractivity contribution in [3.8, 4) is 0 Å². The van der Waals surface area contributed by atoms with Gasteiger partial charge in [-0.05, 0) is 30.0 Å². The lowest BCUT2D eigenvalue weighted by Crippen LogP contribution is -2.14. The van der Waals surface area contributed by atoms with Crippen molar-refractivity contribution in [3.63, 3.8) is 0 Å². The highest BCUT2D eigenvalue weighted by atomic mass is 16.3. The molecule has 1 fully saturated rings. The second-order valence-electron chi connectivity index (χ2n) is 3.83. The van der Waals surface area contributed by atoms with Crippen LogP contribution in [0.15, 0.2) is 24.5 Å². The molecule has 1 aliphatic carbocycles. The molecule has 1 aromatic rings. The second-order valence-corrected chi connectivity index (χ2v) is 3.83. The topological polar surface area (TPSA) is 33.1 Å². The lowest BCUT2D eigenvalue weighted by Gasteiger charge is -2.27. The summed E-state index contributed by atoms with van der Waals surface area (Å²) in [7, 11) is 0. The van der Waals surface area contributed by atoms with Gasteiger partial charge in [-0.15, -0.1) is 0 Å². The van der Waals surface area contributed by atoms with Gasteiger partial charge in [-0.2, -0.15) is 0 Å². The summed E-state index contributed by atoms with van der Waals surface area (Å²) in [5.74, 6) is 0.753. The molecular formula is C11H15NO. The molecular weight excluding hydrogens is 162 g/mol. The van der Waals surface area contributed by atoms with Crippen molar-refractivity contribution in [3.05, 3.63) is 30.1 Å². The highest BCUT2D eigenvalue weighted by Crippen LogP contribution is 2.34. The van der Waals surface area contributed by atoms with Crippen LogP contribution < -0.4 is 0 Å². The van der Waals surface area contributed by atoms with Gasteiger partial charge in [-0.3, -0.25) is 4.98 Å². The lowest BCUT2D eigenvalue weighted by atomic mass is 9.80. The highest BCUT2D eigenvalue weighted by molar-refractivity contribution is 5.13. The molecule has 1 N–H and O–H groups in total. The molecule has 70 valence electrons. The van der Waals surface area contributed by atoms with Gasteiger partial charge in [0, 0.05) is 12.4 Å². The molecule has 0 amide bonds. The number of aliphatic hydroxyl groups excluding tert-OH is 1. The van der Waals surface area contributed by atoms with Crippen LogP contribution in [0.5, 0.6) is 0 Å². The summed E-state index contributed by atoms with van der Waals surface area (Å²) in [5.41, 5.74) is 1.00. The van der Waals surface area contributed by atoms with E-state index in [2.05, 4.69) is 4.98 Å². The van der Waals surface area contributed by atoms with Crippen molar-refractivity contribution >= 4 is 0 Å². The predicted molar refractivity (Wildman–Crippen MR) is 51.2 cm³/mol. The van der Waals surface area contributed by atoms with Gasteiger partial charge < -0.3 is 5.11 Å². The largest absolute Gasteiger partial charge is 0.388 e. The third kappa shape index (κ3) is 2.07. The van der Waals surface area contributed by atoms with Crippen molar-refractivity contribution in [2.24, 2.45) is 5.92 Å². The van der Waals surface area contributed by atoms with E-state index in [4.69, 9.17) is 0 Å². The van der Waals surface area contributed by atoms with E-state index >= 15 is 0 Å². The molecule has 2 rings (SSSR count). The number of pyridine rings is 1. The van der Waals surface area contributed by atoms with E-state index in [1.807, 2.05) is 12.1 Å². The van der Waals surface area contributed by atoms with Crippen molar-refractivity contribution in [2.45, 2.75) is 31.8 Å². The molecule has 2 nitrogen and oxygen atoms in total. The molecule has 2 heteroatoms. The van der Waals surface area contributed by atoms with Gasteiger partial charge in [0.1, 0.15) is 0 Å². The summed E-state index contributed by atoms with van der Waals surface area (Å²) < 4.78 is 0. The van der Waals surface area contributed by atoms with E-state index in [0.29, 0.717) is 0 Å². The number of rotatable bonds is 3. The lowest BCUT2D eigenvalue weighted by molar-refractivity contribution is 0.118. The molecule has 0 spiro atoms. The summed E-state index contributed by atoms with van der Waals surface area (Å²) in [6, 6.07) is 3.78. The molecule has 0 aromatic carbocycles. The number of hydrogen-bond acceptors (Lipinski definition) is 2. The Labute approximate surface area is 78.6 Å². The van der Waals surface area contributed by atoms with Gasteiger partial charge in [-0.1, -0.05) is 19.3 Å². The first-order chi connectivity index (χ1) is 6.36. The highest BCUT2D eigenvalue weighted by Gasteiger charge is 2.21. The first-order valence-electron chi connectivity index (χ1n) is 4.94. The smallest absolute Gasteiger partial charge is 0.0793 e. The van der Waals surface area contributed by atoms with Gasteiger partial charge in [0.2, 0.25) is 0 Å². The Morgan fingerprint density at radius 1 is 1.38 bits per heavy atom. The molecule has 0 aliphatic heterocycles. The van der Waals surface area contributed by atoms with Gasteiger partial charge in [0.25, 0.3) is 0 Å². The number of aliphatic hydroxyl groups is 1. The first-order valence-corrected chi connectivity index (χ1v) is 4.94. The first kappa shape index (κ1) is 8.70. The zero-order valence-electron chi connectivity index (χ0n) is 7.69. The van der Waals surface area contributed by atoms with Crippen LogP contribution >= 0.6 is 0 Å². The van der Waals surface area contributed by atoms with Crippen molar-refractivity contribution in [2.75, 3.05) is 0 Å². The van der Waals surface area contributed by atoms with Crippen LogP contribution in [0.3, 0.4) is 0 Å². The zero-order valence-corrected chi connectivity index (χ0v) is 7.69. The maximum absolute atomic E-state index is 9.83. The summed E-state index contributed by atoms with van der Waals surface area (Å²) >= 11 is 0. The quantitative estimate of drug-likeness (QED) is 0.768. The Morgan fingerprint density at radius 3 is 2.62 bits per heavy atom. The number of aromatic nitrogens is 1. The number of hydrogen-bond donors (Lipinski definition) is 1. The fraction of sp³-hybridized carbons (Fsp3) is 0.545. The molecule has 0 radical (unpaired) electrons. The molecule has 1 atom stereocenters. The van der Waals surface area contributed by atoms with Gasteiger partial charge in [-0.25, -0.2) is 0 Å². The van der Waals surface area contributed by atoms with Crippen molar-refractivity contribution < 1.29 is 5.11 Å². The summed E-state index contributed by atoms with van der Waals surface area (Å²) in [4.78, 5) is 3.93. The Bertz CT molecular complexity index is 256. The third-order valence-electron chi connectivity index (χ3n) is 2.87. The van der Waals surface area contributed by atoms with E-state index in [-0.39, 0.29) is 6.10 Å². The minimum Gasteiger partial charge on any atom is -0.388 e. The Morgan fingerprint density at radius 2 is 2.08 bits per heavy atom. The van der Waals surface area contributed by atoms with Crippen LogP contribution in [0.25, 0.3) is 0 Å². The summed E-state index contributed by atoms with van der Waals surface area (Å²) in [5, 5.41) is 9.83. The van der Waals surface area contributed by atoms with Crippen molar-refractivity contribution in [1.29, 1.82) is 0 Å². The molecule has 0 saturated heterocycles. The fourth-order valence-electron chi connectivity index (χ4n) is 1.77. The average Bonchev–Trinajstić information content (AvgIpc) is 2.12. The minimum atomic E-state index is -0.284. The molecule has 1 saturated carbocycles. The van der Waals surface area contributed by atoms with Crippen molar-refractivity contribution in [1.82, 2.24) is 4.98 Å². The predicted octanol–water partition coefficient (Wildman–Crippen LogP) is 2.31. The van der Waals surface area contributed by atoms with Gasteiger partial charge >= 0.3 is 0 Å². The SMILES string of the molecule is OC(CC1CCC1)c1ccncc1. The molecule has 1 aliphatic rings. The Kier molecular flexibility index (Phi) is 2.60. The van der Waals surface area contributed by atoms with E-state index < -0.39 is 0 Å². The molecule has 0 bridgehead atoms. The average molecular weight is 177 g/mol. The molecule has 1 aromatic heterocycles. The summed E-state index contributed by atoms with van der Waals surface area (Å²) in [6.45, 7) is 0. The van der Waals surface area contributed by atoms with Crippen LogP contribution in [0.4, 0.5) is 0 Å². The summed E-state index contributed by atoms with van der Waals surface area (Å²) in [6.07, 6.45) is 8.04. The molecule has 1 unspecified atom stereocenters. The van der Waals surface area contributed by atoms with Crippen LogP contribution in [0.1, 0.15) is 37.4 Å².